The van der Waals surface area contributed by atoms with Gasteiger partial charge in [-0.2, -0.15) is 0 Å². The Morgan fingerprint density at radius 3 is 2.55 bits per heavy atom. The number of carbonyl (C=O) groups is 1. The number of hydrogen-bond donors (Lipinski definition) is 1. The number of non-ortho nitro benzene ring substituents is 1. The average molecular weight is 340 g/mol. The quantitative estimate of drug-likeness (QED) is 0.672. The number of ether oxygens (including phenoxy) is 1. The van der Waals surface area contributed by atoms with Gasteiger partial charge in [0.25, 0.3) is 5.69 Å². The van der Waals surface area contributed by atoms with Crippen LogP contribution in [0, 0.1) is 10.1 Å². The van der Waals surface area contributed by atoms with Gasteiger partial charge in [0.2, 0.25) is 0 Å². The third-order valence-electron chi connectivity index (χ3n) is 2.20. The van der Waals surface area contributed by atoms with Crippen LogP contribution in [0.2, 0.25) is 0 Å². The molecule has 1 N–H and O–H groups in total. The Morgan fingerprint density at radius 2 is 2.00 bits per heavy atom. The molecule has 1 aromatic carbocycles. The Kier molecular flexibility index (Phi) is 3.89. The normalized spacial score (nSPS) is 10.1. The van der Waals surface area contributed by atoms with E-state index in [4.69, 9.17) is 9.84 Å². The zero-order valence-electron chi connectivity index (χ0n) is 9.69. The summed E-state index contributed by atoms with van der Waals surface area (Å²) in [5, 5.41) is 19.4. The third-order valence-corrected chi connectivity index (χ3v) is 2.86. The van der Waals surface area contributed by atoms with Crippen molar-refractivity contribution in [2.24, 2.45) is 0 Å². The Labute approximate surface area is 120 Å². The maximum absolute atomic E-state index is 10.7. The molecule has 0 unspecified atom stereocenters. The number of benzene rings is 1. The summed E-state index contributed by atoms with van der Waals surface area (Å²) in [7, 11) is 0. The van der Waals surface area contributed by atoms with Crippen LogP contribution in [-0.2, 0) is 0 Å². The number of halogens is 1. The van der Waals surface area contributed by atoms with Crippen LogP contribution in [0.5, 0.6) is 11.8 Å². The van der Waals surface area contributed by atoms with E-state index < -0.39 is 10.9 Å². The van der Waals surface area contributed by atoms with E-state index in [9.17, 15) is 14.9 Å². The summed E-state index contributed by atoms with van der Waals surface area (Å²) in [6, 6.07) is 3.86. The molecule has 0 aliphatic heterocycles. The number of hydrogen-bond acceptors (Lipinski definition) is 6. The molecule has 0 fully saturated rings. The van der Waals surface area contributed by atoms with Crippen LogP contribution in [0.25, 0.3) is 0 Å². The molecule has 0 bridgehead atoms. The lowest BCUT2D eigenvalue weighted by Crippen LogP contribution is -2.00. The molecule has 20 heavy (non-hydrogen) atoms. The fourth-order valence-corrected chi connectivity index (χ4v) is 1.59. The molecule has 2 aromatic rings. The van der Waals surface area contributed by atoms with Crippen molar-refractivity contribution in [1.82, 2.24) is 9.97 Å². The first kappa shape index (κ1) is 13.9. The molecular weight excluding hydrogens is 334 g/mol. The topological polar surface area (TPSA) is 115 Å². The van der Waals surface area contributed by atoms with Gasteiger partial charge in [0, 0.05) is 18.5 Å². The minimum Gasteiger partial charge on any atom is -0.478 e. The smallest absolute Gasteiger partial charge is 0.338 e. The van der Waals surface area contributed by atoms with Crippen LogP contribution in [-0.4, -0.2) is 26.0 Å². The fourth-order valence-electron chi connectivity index (χ4n) is 1.26. The van der Waals surface area contributed by atoms with Crippen LogP contribution in [0.1, 0.15) is 10.4 Å². The highest BCUT2D eigenvalue weighted by atomic mass is 79.9. The van der Waals surface area contributed by atoms with Gasteiger partial charge < -0.3 is 9.84 Å². The molecule has 8 nitrogen and oxygen atoms in total. The van der Waals surface area contributed by atoms with Crippen LogP contribution < -0.4 is 4.74 Å². The van der Waals surface area contributed by atoms with Crippen molar-refractivity contribution in [2.75, 3.05) is 0 Å². The second-order valence-electron chi connectivity index (χ2n) is 3.53. The van der Waals surface area contributed by atoms with Crippen LogP contribution in [0.15, 0.2) is 35.1 Å². The van der Waals surface area contributed by atoms with E-state index in [0.717, 1.165) is 12.4 Å². The number of nitro groups is 1. The number of nitrogens with zero attached hydrogens (tertiary/aromatic N) is 3. The monoisotopic (exact) mass is 339 g/mol. The lowest BCUT2D eigenvalue weighted by atomic mass is 10.3. The van der Waals surface area contributed by atoms with E-state index in [1.165, 1.54) is 18.2 Å². The molecular formula is C11H6BrN3O5. The first-order chi connectivity index (χ1) is 9.47. The average Bonchev–Trinajstić information content (AvgIpc) is 2.41. The van der Waals surface area contributed by atoms with Crippen molar-refractivity contribution in [1.29, 1.82) is 0 Å². The third kappa shape index (κ3) is 3.06. The van der Waals surface area contributed by atoms with E-state index in [2.05, 4.69) is 25.9 Å². The molecule has 0 atom stereocenters. The molecule has 0 aliphatic carbocycles. The standard InChI is InChI=1S/C11H6BrN3O5/c12-8-2-1-7(15(18)19)3-9(8)20-11-13-4-6(5-14-11)10(16)17/h1-5H,(H,16,17). The molecule has 0 saturated carbocycles. The van der Waals surface area contributed by atoms with E-state index in [1.54, 1.807) is 0 Å². The van der Waals surface area contributed by atoms with Gasteiger partial charge in [0.05, 0.1) is 21.0 Å². The molecule has 0 aliphatic rings. The lowest BCUT2D eigenvalue weighted by Gasteiger charge is -2.05. The molecule has 0 radical (unpaired) electrons. The first-order valence-corrected chi connectivity index (χ1v) is 5.94. The Bertz CT molecular complexity index is 674. The number of carboxylic acids is 1. The van der Waals surface area contributed by atoms with E-state index >= 15 is 0 Å². The van der Waals surface area contributed by atoms with Crippen molar-refractivity contribution in [3.8, 4) is 11.8 Å². The largest absolute Gasteiger partial charge is 0.478 e. The van der Waals surface area contributed by atoms with Crippen molar-refractivity contribution in [3.63, 3.8) is 0 Å². The van der Waals surface area contributed by atoms with Gasteiger partial charge in [0.1, 0.15) is 0 Å². The number of aromatic carboxylic acids is 1. The van der Waals surface area contributed by atoms with E-state index in [0.29, 0.717) is 4.47 Å². The van der Waals surface area contributed by atoms with E-state index in [-0.39, 0.29) is 23.0 Å². The molecule has 0 spiro atoms. The van der Waals surface area contributed by atoms with Gasteiger partial charge in [-0.25, -0.2) is 14.8 Å². The fraction of sp³-hybridized carbons (Fsp3) is 0. The maximum Gasteiger partial charge on any atom is 0.338 e. The molecule has 1 aromatic heterocycles. The van der Waals surface area contributed by atoms with Crippen LogP contribution in [0.3, 0.4) is 0 Å². The zero-order valence-corrected chi connectivity index (χ0v) is 11.3. The van der Waals surface area contributed by atoms with Crippen molar-refractivity contribution in [2.45, 2.75) is 0 Å². The van der Waals surface area contributed by atoms with Gasteiger partial charge >= 0.3 is 12.0 Å². The molecule has 1 heterocycles. The Balaban J connectivity index is 2.27. The summed E-state index contributed by atoms with van der Waals surface area (Å²) in [6.07, 6.45) is 2.16. The number of aromatic nitrogens is 2. The molecule has 2 rings (SSSR count). The highest BCUT2D eigenvalue weighted by molar-refractivity contribution is 9.10. The predicted molar refractivity (Wildman–Crippen MR) is 69.9 cm³/mol. The van der Waals surface area contributed by atoms with Gasteiger partial charge in [0.15, 0.2) is 5.75 Å². The van der Waals surface area contributed by atoms with Gasteiger partial charge in [-0.1, -0.05) is 0 Å². The second kappa shape index (κ2) is 5.61. The van der Waals surface area contributed by atoms with Gasteiger partial charge in [-0.3, -0.25) is 10.1 Å². The summed E-state index contributed by atoms with van der Waals surface area (Å²) < 4.78 is 5.75. The first-order valence-electron chi connectivity index (χ1n) is 5.14. The Hall–Kier alpha value is -2.55. The van der Waals surface area contributed by atoms with Gasteiger partial charge in [-0.15, -0.1) is 0 Å². The van der Waals surface area contributed by atoms with Gasteiger partial charge in [-0.05, 0) is 22.0 Å². The summed E-state index contributed by atoms with van der Waals surface area (Å²) in [5.41, 5.74) is -0.235. The summed E-state index contributed by atoms with van der Waals surface area (Å²) in [4.78, 5) is 28.2. The maximum atomic E-state index is 10.7. The van der Waals surface area contributed by atoms with E-state index in [1.807, 2.05) is 0 Å². The summed E-state index contributed by atoms with van der Waals surface area (Å²) >= 11 is 3.18. The number of carboxylic acid groups (broad SMARTS) is 1. The molecule has 102 valence electrons. The minimum atomic E-state index is -1.16. The lowest BCUT2D eigenvalue weighted by molar-refractivity contribution is -0.384. The Morgan fingerprint density at radius 1 is 1.35 bits per heavy atom. The molecule has 0 saturated heterocycles. The van der Waals surface area contributed by atoms with Crippen molar-refractivity contribution >= 4 is 27.6 Å². The zero-order chi connectivity index (χ0) is 14.7. The minimum absolute atomic E-state index is 0.0875. The van der Waals surface area contributed by atoms with Crippen molar-refractivity contribution < 1.29 is 19.6 Å². The van der Waals surface area contributed by atoms with Crippen LogP contribution in [0.4, 0.5) is 5.69 Å². The number of nitro benzene ring substituents is 1. The molecule has 0 amide bonds. The van der Waals surface area contributed by atoms with Crippen LogP contribution >= 0.6 is 15.9 Å². The highest BCUT2D eigenvalue weighted by Crippen LogP contribution is 2.31. The summed E-state index contributed by atoms with van der Waals surface area (Å²) in [6.45, 7) is 0. The summed E-state index contributed by atoms with van der Waals surface area (Å²) in [5.74, 6) is -1.00. The van der Waals surface area contributed by atoms with Crippen molar-refractivity contribution in [3.05, 3.63) is 50.7 Å². The predicted octanol–water partition coefficient (Wildman–Crippen LogP) is 2.64. The number of rotatable bonds is 4. The highest BCUT2D eigenvalue weighted by Gasteiger charge is 2.13. The molecule has 9 heteroatoms. The second-order valence-corrected chi connectivity index (χ2v) is 4.39. The SMILES string of the molecule is O=C(O)c1cnc(Oc2cc([N+](=O)[O-])ccc2Br)nc1.